The Balaban J connectivity index is 2.30. The summed E-state index contributed by atoms with van der Waals surface area (Å²) in [6.45, 7) is 0. The van der Waals surface area contributed by atoms with E-state index in [4.69, 9.17) is 9.47 Å². The fourth-order valence-corrected chi connectivity index (χ4v) is 2.23. The summed E-state index contributed by atoms with van der Waals surface area (Å²) in [4.78, 5) is 11.9. The minimum absolute atomic E-state index is 0.282. The van der Waals surface area contributed by atoms with Crippen LogP contribution in [0.15, 0.2) is 22.7 Å². The van der Waals surface area contributed by atoms with Crippen LogP contribution in [0.3, 0.4) is 0 Å². The molecule has 18 heavy (non-hydrogen) atoms. The number of halogens is 1. The van der Waals surface area contributed by atoms with Crippen molar-refractivity contribution in [1.29, 1.82) is 0 Å². The van der Waals surface area contributed by atoms with Crippen molar-refractivity contribution in [1.82, 2.24) is 5.32 Å². The summed E-state index contributed by atoms with van der Waals surface area (Å²) in [6, 6.07) is 5.53. The molecular formula is C13H16BrNO3. The largest absolute Gasteiger partial charge is 0.497 e. The monoisotopic (exact) mass is 313 g/mol. The van der Waals surface area contributed by atoms with Crippen molar-refractivity contribution in [3.63, 3.8) is 0 Å². The SMILES string of the molecule is COC(=O)C(NC1CC1)c1cc(OC)ccc1Br. The second kappa shape index (κ2) is 5.71. The van der Waals surface area contributed by atoms with E-state index in [1.165, 1.54) is 7.11 Å². The van der Waals surface area contributed by atoms with Gasteiger partial charge in [0.25, 0.3) is 0 Å². The van der Waals surface area contributed by atoms with Gasteiger partial charge >= 0.3 is 5.97 Å². The molecule has 1 aromatic carbocycles. The Morgan fingerprint density at radius 1 is 1.44 bits per heavy atom. The van der Waals surface area contributed by atoms with Gasteiger partial charge < -0.3 is 9.47 Å². The molecule has 1 aliphatic carbocycles. The van der Waals surface area contributed by atoms with E-state index in [1.807, 2.05) is 18.2 Å². The Kier molecular flexibility index (Phi) is 4.24. The summed E-state index contributed by atoms with van der Waals surface area (Å²) in [6.07, 6.45) is 2.21. The van der Waals surface area contributed by atoms with Crippen LogP contribution in [0.2, 0.25) is 0 Å². The lowest BCUT2D eigenvalue weighted by atomic mass is 10.1. The molecule has 0 saturated heterocycles. The lowest BCUT2D eigenvalue weighted by molar-refractivity contribution is -0.143. The van der Waals surface area contributed by atoms with E-state index < -0.39 is 6.04 Å². The van der Waals surface area contributed by atoms with Gasteiger partial charge in [0.05, 0.1) is 14.2 Å². The molecule has 0 radical (unpaired) electrons. The number of ether oxygens (including phenoxy) is 2. The average Bonchev–Trinajstić information content (AvgIpc) is 3.20. The topological polar surface area (TPSA) is 47.6 Å². The number of carbonyl (C=O) groups excluding carboxylic acids is 1. The van der Waals surface area contributed by atoms with Crippen molar-refractivity contribution in [2.75, 3.05) is 14.2 Å². The second-order valence-corrected chi connectivity index (χ2v) is 5.14. The molecule has 1 aliphatic rings. The maximum atomic E-state index is 11.9. The first-order chi connectivity index (χ1) is 8.65. The quantitative estimate of drug-likeness (QED) is 0.848. The highest BCUT2D eigenvalue weighted by atomic mass is 79.9. The first-order valence-electron chi connectivity index (χ1n) is 5.83. The van der Waals surface area contributed by atoms with Crippen LogP contribution in [-0.4, -0.2) is 26.2 Å². The molecule has 1 N–H and O–H groups in total. The average molecular weight is 314 g/mol. The summed E-state index contributed by atoms with van der Waals surface area (Å²) in [7, 11) is 3.01. The number of hydrogen-bond donors (Lipinski definition) is 1. The fourth-order valence-electron chi connectivity index (χ4n) is 1.76. The molecule has 0 spiro atoms. The maximum Gasteiger partial charge on any atom is 0.327 e. The van der Waals surface area contributed by atoms with Gasteiger partial charge in [-0.1, -0.05) is 15.9 Å². The van der Waals surface area contributed by atoms with Crippen molar-refractivity contribution >= 4 is 21.9 Å². The third-order valence-corrected chi connectivity index (χ3v) is 3.65. The fraction of sp³-hybridized carbons (Fsp3) is 0.462. The van der Waals surface area contributed by atoms with Gasteiger partial charge in [0.2, 0.25) is 0 Å². The summed E-state index contributed by atoms with van der Waals surface area (Å²) in [5.41, 5.74) is 0.841. The molecule has 0 aromatic heterocycles. The van der Waals surface area contributed by atoms with Gasteiger partial charge in [-0.15, -0.1) is 0 Å². The smallest absolute Gasteiger partial charge is 0.327 e. The molecule has 1 aromatic rings. The molecule has 1 saturated carbocycles. The lowest BCUT2D eigenvalue weighted by Crippen LogP contribution is -2.31. The van der Waals surface area contributed by atoms with Crippen molar-refractivity contribution in [2.45, 2.75) is 24.9 Å². The number of methoxy groups -OCH3 is 2. The number of nitrogens with one attached hydrogen (secondary N) is 1. The Bertz CT molecular complexity index is 446. The van der Waals surface area contributed by atoms with E-state index >= 15 is 0 Å². The normalized spacial score (nSPS) is 16.2. The van der Waals surface area contributed by atoms with Crippen molar-refractivity contribution in [2.24, 2.45) is 0 Å². The number of esters is 1. The van der Waals surface area contributed by atoms with Crippen molar-refractivity contribution in [3.8, 4) is 5.75 Å². The maximum absolute atomic E-state index is 11.9. The van der Waals surface area contributed by atoms with Gasteiger partial charge in [-0.05, 0) is 36.6 Å². The van der Waals surface area contributed by atoms with E-state index in [2.05, 4.69) is 21.2 Å². The van der Waals surface area contributed by atoms with Crippen LogP contribution in [0.1, 0.15) is 24.4 Å². The van der Waals surface area contributed by atoms with Crippen LogP contribution in [0, 0.1) is 0 Å². The molecule has 1 atom stereocenters. The highest BCUT2D eigenvalue weighted by molar-refractivity contribution is 9.10. The number of carbonyl (C=O) groups is 1. The van der Waals surface area contributed by atoms with Crippen molar-refractivity contribution in [3.05, 3.63) is 28.2 Å². The summed E-state index contributed by atoms with van der Waals surface area (Å²) in [5, 5.41) is 3.29. The minimum Gasteiger partial charge on any atom is -0.497 e. The summed E-state index contributed by atoms with van der Waals surface area (Å²) in [5.74, 6) is 0.440. The lowest BCUT2D eigenvalue weighted by Gasteiger charge is -2.18. The van der Waals surface area contributed by atoms with E-state index in [0.717, 1.165) is 28.6 Å². The van der Waals surface area contributed by atoms with E-state index in [9.17, 15) is 4.79 Å². The third kappa shape index (κ3) is 3.03. The van der Waals surface area contributed by atoms with Gasteiger partial charge in [-0.3, -0.25) is 5.32 Å². The van der Waals surface area contributed by atoms with E-state index in [1.54, 1.807) is 7.11 Å². The standard InChI is InChI=1S/C13H16BrNO3/c1-17-9-5-6-11(14)10(7-9)12(13(16)18-2)15-8-3-4-8/h5-8,12,15H,3-4H2,1-2H3. The Hall–Kier alpha value is -1.07. The Morgan fingerprint density at radius 2 is 2.17 bits per heavy atom. The number of hydrogen-bond acceptors (Lipinski definition) is 4. The second-order valence-electron chi connectivity index (χ2n) is 4.28. The molecule has 4 nitrogen and oxygen atoms in total. The molecule has 1 fully saturated rings. The van der Waals surface area contributed by atoms with Crippen molar-refractivity contribution < 1.29 is 14.3 Å². The molecular weight excluding hydrogens is 298 g/mol. The number of rotatable bonds is 5. The van der Waals surface area contributed by atoms with Gasteiger partial charge in [0, 0.05) is 10.5 Å². The van der Waals surface area contributed by atoms with Gasteiger partial charge in [0.1, 0.15) is 11.8 Å². The van der Waals surface area contributed by atoms with Gasteiger partial charge in [0.15, 0.2) is 0 Å². The number of benzene rings is 1. The summed E-state index contributed by atoms with van der Waals surface area (Å²) < 4.78 is 10.9. The van der Waals surface area contributed by atoms with E-state index in [0.29, 0.717) is 6.04 Å². The molecule has 5 heteroatoms. The zero-order valence-electron chi connectivity index (χ0n) is 10.4. The highest BCUT2D eigenvalue weighted by Crippen LogP contribution is 2.31. The molecule has 0 aliphatic heterocycles. The summed E-state index contributed by atoms with van der Waals surface area (Å²) >= 11 is 3.46. The zero-order chi connectivity index (χ0) is 13.1. The molecule has 1 unspecified atom stereocenters. The minimum atomic E-state index is -0.452. The van der Waals surface area contributed by atoms with E-state index in [-0.39, 0.29) is 5.97 Å². The van der Waals surface area contributed by atoms with Crippen LogP contribution in [0.4, 0.5) is 0 Å². The first kappa shape index (κ1) is 13.4. The zero-order valence-corrected chi connectivity index (χ0v) is 12.0. The van der Waals surface area contributed by atoms with Gasteiger partial charge in [-0.2, -0.15) is 0 Å². The highest BCUT2D eigenvalue weighted by Gasteiger charge is 2.31. The van der Waals surface area contributed by atoms with Crippen LogP contribution >= 0.6 is 15.9 Å². The first-order valence-corrected chi connectivity index (χ1v) is 6.62. The molecule has 2 rings (SSSR count). The van der Waals surface area contributed by atoms with Crippen LogP contribution in [0.5, 0.6) is 5.75 Å². The van der Waals surface area contributed by atoms with Gasteiger partial charge in [-0.25, -0.2) is 4.79 Å². The molecule has 0 amide bonds. The molecule has 98 valence electrons. The predicted octanol–water partition coefficient (Wildman–Crippen LogP) is 2.42. The molecule has 0 bridgehead atoms. The molecule has 0 heterocycles. The Labute approximate surface area is 115 Å². The third-order valence-electron chi connectivity index (χ3n) is 2.93. The Morgan fingerprint density at radius 3 is 2.72 bits per heavy atom. The predicted molar refractivity (Wildman–Crippen MR) is 71.6 cm³/mol. The van der Waals surface area contributed by atoms with Crippen LogP contribution in [-0.2, 0) is 9.53 Å². The van der Waals surface area contributed by atoms with Crippen LogP contribution in [0.25, 0.3) is 0 Å². The van der Waals surface area contributed by atoms with Crippen LogP contribution < -0.4 is 10.1 Å².